The van der Waals surface area contributed by atoms with Gasteiger partial charge in [0.15, 0.2) is 0 Å². The van der Waals surface area contributed by atoms with Crippen molar-refractivity contribution in [2.75, 3.05) is 32.8 Å². The summed E-state index contributed by atoms with van der Waals surface area (Å²) in [6, 6.07) is 8.44. The zero-order valence-electron chi connectivity index (χ0n) is 13.4. The third kappa shape index (κ3) is 6.06. The molecule has 0 unspecified atom stereocenters. The zero-order chi connectivity index (χ0) is 14.8. The Morgan fingerprint density at radius 3 is 2.86 bits per heavy atom. The highest BCUT2D eigenvalue weighted by Crippen LogP contribution is 2.22. The summed E-state index contributed by atoms with van der Waals surface area (Å²) in [5, 5.41) is 3.47. The van der Waals surface area contributed by atoms with E-state index >= 15 is 0 Å². The first kappa shape index (κ1) is 16.3. The number of para-hydroxylation sites is 1. The van der Waals surface area contributed by atoms with Gasteiger partial charge in [-0.3, -0.25) is 4.90 Å². The molecule has 118 valence electrons. The normalized spacial score (nSPS) is 15.3. The second-order valence-corrected chi connectivity index (χ2v) is 5.90. The first-order chi connectivity index (χ1) is 10.4. The van der Waals surface area contributed by atoms with Crippen LogP contribution in [0.2, 0.25) is 0 Å². The van der Waals surface area contributed by atoms with E-state index in [-0.39, 0.29) is 0 Å². The molecule has 0 saturated heterocycles. The minimum absolute atomic E-state index is 0.817. The van der Waals surface area contributed by atoms with Gasteiger partial charge in [0.2, 0.25) is 0 Å². The molecule has 0 aromatic heterocycles. The van der Waals surface area contributed by atoms with E-state index in [4.69, 9.17) is 4.74 Å². The van der Waals surface area contributed by atoms with E-state index in [1.807, 2.05) is 0 Å². The molecule has 1 heterocycles. The molecular formula is C18H30N2O. The molecule has 21 heavy (non-hydrogen) atoms. The van der Waals surface area contributed by atoms with Crippen molar-refractivity contribution in [3.05, 3.63) is 29.8 Å². The topological polar surface area (TPSA) is 24.5 Å². The number of fused-ring (bicyclic) bond motifs is 1. The molecule has 0 saturated carbocycles. The lowest BCUT2D eigenvalue weighted by Crippen LogP contribution is -2.26. The molecule has 1 aliphatic heterocycles. The highest BCUT2D eigenvalue weighted by molar-refractivity contribution is 5.33. The van der Waals surface area contributed by atoms with Crippen molar-refractivity contribution >= 4 is 0 Å². The predicted octanol–water partition coefficient (Wildman–Crippen LogP) is 3.44. The second kappa shape index (κ2) is 9.80. The molecule has 1 N–H and O–H groups in total. The Bertz CT molecular complexity index is 395. The molecule has 0 spiro atoms. The average Bonchev–Trinajstić information content (AvgIpc) is 2.71. The Morgan fingerprint density at radius 2 is 1.95 bits per heavy atom. The van der Waals surface area contributed by atoms with Gasteiger partial charge in [-0.2, -0.15) is 0 Å². The molecule has 1 aliphatic rings. The van der Waals surface area contributed by atoms with Gasteiger partial charge in [-0.1, -0.05) is 38.0 Å². The van der Waals surface area contributed by atoms with Crippen molar-refractivity contribution in [1.82, 2.24) is 10.2 Å². The van der Waals surface area contributed by atoms with Crippen LogP contribution >= 0.6 is 0 Å². The summed E-state index contributed by atoms with van der Waals surface area (Å²) in [5.41, 5.74) is 1.33. The minimum atomic E-state index is 0.817. The van der Waals surface area contributed by atoms with Crippen molar-refractivity contribution in [2.45, 2.75) is 45.6 Å². The molecule has 0 fully saturated rings. The highest BCUT2D eigenvalue weighted by atomic mass is 16.5. The van der Waals surface area contributed by atoms with E-state index < -0.39 is 0 Å². The number of unbranched alkanes of at least 4 members (excludes halogenated alkanes) is 3. The van der Waals surface area contributed by atoms with Gasteiger partial charge in [0.05, 0.1) is 0 Å². The van der Waals surface area contributed by atoms with Gasteiger partial charge in [-0.25, -0.2) is 0 Å². The molecule has 0 amide bonds. The van der Waals surface area contributed by atoms with E-state index in [1.54, 1.807) is 0 Å². The molecule has 1 aromatic carbocycles. The van der Waals surface area contributed by atoms with Crippen LogP contribution in [0, 0.1) is 0 Å². The molecule has 2 rings (SSSR count). The SMILES string of the molecule is CCCNCCCCCCN1CCOc2ccccc2C1. The number of nitrogens with zero attached hydrogens (tertiary/aromatic N) is 1. The van der Waals surface area contributed by atoms with E-state index in [0.29, 0.717) is 0 Å². The van der Waals surface area contributed by atoms with Crippen LogP contribution in [0.5, 0.6) is 5.75 Å². The van der Waals surface area contributed by atoms with Gasteiger partial charge in [-0.05, 0) is 45.0 Å². The fourth-order valence-corrected chi connectivity index (χ4v) is 2.81. The largest absolute Gasteiger partial charge is 0.492 e. The standard InChI is InChI=1S/C18H30N2O/c1-2-11-19-12-7-3-4-8-13-20-14-15-21-18-10-6-5-9-17(18)16-20/h5-6,9-10,19H,2-4,7-8,11-16H2,1H3. The van der Waals surface area contributed by atoms with Crippen LogP contribution in [0.4, 0.5) is 0 Å². The number of rotatable bonds is 9. The van der Waals surface area contributed by atoms with Crippen molar-refractivity contribution in [3.8, 4) is 5.75 Å². The van der Waals surface area contributed by atoms with Crippen molar-refractivity contribution in [2.24, 2.45) is 0 Å². The first-order valence-corrected chi connectivity index (χ1v) is 8.54. The van der Waals surface area contributed by atoms with Crippen LogP contribution in [0.3, 0.4) is 0 Å². The summed E-state index contributed by atoms with van der Waals surface area (Å²) in [6.45, 7) is 8.65. The third-order valence-corrected chi connectivity index (χ3v) is 4.04. The lowest BCUT2D eigenvalue weighted by molar-refractivity contribution is 0.222. The van der Waals surface area contributed by atoms with Crippen molar-refractivity contribution in [1.29, 1.82) is 0 Å². The first-order valence-electron chi connectivity index (χ1n) is 8.54. The lowest BCUT2D eigenvalue weighted by Gasteiger charge is -2.19. The maximum Gasteiger partial charge on any atom is 0.123 e. The summed E-state index contributed by atoms with van der Waals surface area (Å²) >= 11 is 0. The van der Waals surface area contributed by atoms with Gasteiger partial charge < -0.3 is 10.1 Å². The summed E-state index contributed by atoms with van der Waals surface area (Å²) < 4.78 is 5.81. The van der Waals surface area contributed by atoms with Crippen LogP contribution < -0.4 is 10.1 Å². The summed E-state index contributed by atoms with van der Waals surface area (Å²) in [7, 11) is 0. The molecule has 1 aromatic rings. The summed E-state index contributed by atoms with van der Waals surface area (Å²) in [4.78, 5) is 2.53. The maximum absolute atomic E-state index is 5.81. The van der Waals surface area contributed by atoms with Gasteiger partial charge >= 0.3 is 0 Å². The number of hydrogen-bond donors (Lipinski definition) is 1. The van der Waals surface area contributed by atoms with Gasteiger partial charge in [-0.15, -0.1) is 0 Å². The molecule has 0 aliphatic carbocycles. The van der Waals surface area contributed by atoms with Gasteiger partial charge in [0.25, 0.3) is 0 Å². The van der Waals surface area contributed by atoms with E-state index in [9.17, 15) is 0 Å². The molecule has 0 atom stereocenters. The molecular weight excluding hydrogens is 260 g/mol. The van der Waals surface area contributed by atoms with E-state index in [0.717, 1.165) is 32.0 Å². The zero-order valence-corrected chi connectivity index (χ0v) is 13.4. The number of benzene rings is 1. The van der Waals surface area contributed by atoms with Crippen molar-refractivity contribution in [3.63, 3.8) is 0 Å². The molecule has 3 heteroatoms. The van der Waals surface area contributed by atoms with Crippen LogP contribution in [-0.4, -0.2) is 37.7 Å². The number of hydrogen-bond acceptors (Lipinski definition) is 3. The van der Waals surface area contributed by atoms with E-state index in [1.165, 1.54) is 50.8 Å². The van der Waals surface area contributed by atoms with Crippen LogP contribution in [0.25, 0.3) is 0 Å². The summed E-state index contributed by atoms with van der Waals surface area (Å²) in [5.74, 6) is 1.07. The maximum atomic E-state index is 5.81. The number of ether oxygens (including phenoxy) is 1. The van der Waals surface area contributed by atoms with E-state index in [2.05, 4.69) is 41.4 Å². The summed E-state index contributed by atoms with van der Waals surface area (Å²) in [6.07, 6.45) is 6.53. The molecule has 0 bridgehead atoms. The highest BCUT2D eigenvalue weighted by Gasteiger charge is 2.13. The minimum Gasteiger partial charge on any atom is -0.492 e. The number of nitrogens with one attached hydrogen (secondary N) is 1. The fourth-order valence-electron chi connectivity index (χ4n) is 2.81. The lowest BCUT2D eigenvalue weighted by atomic mass is 10.1. The predicted molar refractivity (Wildman–Crippen MR) is 88.8 cm³/mol. The average molecular weight is 290 g/mol. The monoisotopic (exact) mass is 290 g/mol. The molecule has 0 radical (unpaired) electrons. The second-order valence-electron chi connectivity index (χ2n) is 5.90. The Morgan fingerprint density at radius 1 is 1.10 bits per heavy atom. The van der Waals surface area contributed by atoms with Crippen molar-refractivity contribution < 1.29 is 4.74 Å². The Hall–Kier alpha value is -1.06. The van der Waals surface area contributed by atoms with Gasteiger partial charge in [0.1, 0.15) is 12.4 Å². The Labute approximate surface area is 129 Å². The van der Waals surface area contributed by atoms with Crippen LogP contribution in [-0.2, 0) is 6.54 Å². The fraction of sp³-hybridized carbons (Fsp3) is 0.667. The van der Waals surface area contributed by atoms with Crippen LogP contribution in [0.15, 0.2) is 24.3 Å². The molecule has 3 nitrogen and oxygen atoms in total. The third-order valence-electron chi connectivity index (χ3n) is 4.04. The van der Waals surface area contributed by atoms with Gasteiger partial charge in [0, 0.05) is 18.7 Å². The smallest absolute Gasteiger partial charge is 0.123 e. The van der Waals surface area contributed by atoms with Crippen LogP contribution in [0.1, 0.15) is 44.6 Å². The Balaban J connectivity index is 1.59. The Kier molecular flexibility index (Phi) is 7.61. The quantitative estimate of drug-likeness (QED) is 0.705.